The third-order valence-corrected chi connectivity index (χ3v) is 3.22. The van der Waals surface area contributed by atoms with Crippen molar-refractivity contribution in [1.29, 1.82) is 0 Å². The maximum absolute atomic E-state index is 5.56. The lowest BCUT2D eigenvalue weighted by Crippen LogP contribution is -1.94. The standard InChI is InChI=1S/C15H15IO/c1-2-11-17-15-9-5-13(6-10-15)12-3-7-14(16)8-4-12/h3-10H,2,11H2,1H3. The minimum Gasteiger partial charge on any atom is -0.494 e. The molecule has 2 rings (SSSR count). The van der Waals surface area contributed by atoms with E-state index < -0.39 is 0 Å². The average molecular weight is 338 g/mol. The van der Waals surface area contributed by atoms with Crippen LogP contribution in [0.15, 0.2) is 48.5 Å². The van der Waals surface area contributed by atoms with Crippen molar-refractivity contribution in [3.05, 3.63) is 52.1 Å². The van der Waals surface area contributed by atoms with Crippen LogP contribution >= 0.6 is 22.6 Å². The summed E-state index contributed by atoms with van der Waals surface area (Å²) in [5, 5.41) is 0. The number of benzene rings is 2. The molecule has 0 aliphatic rings. The summed E-state index contributed by atoms with van der Waals surface area (Å²) < 4.78 is 6.82. The van der Waals surface area contributed by atoms with Crippen LogP contribution in [0.1, 0.15) is 13.3 Å². The van der Waals surface area contributed by atoms with Gasteiger partial charge in [0.2, 0.25) is 0 Å². The van der Waals surface area contributed by atoms with Crippen molar-refractivity contribution >= 4 is 22.6 Å². The zero-order valence-corrected chi connectivity index (χ0v) is 12.0. The second kappa shape index (κ2) is 6.05. The lowest BCUT2D eigenvalue weighted by molar-refractivity contribution is 0.317. The van der Waals surface area contributed by atoms with Crippen molar-refractivity contribution in [2.75, 3.05) is 6.61 Å². The van der Waals surface area contributed by atoms with Gasteiger partial charge in [-0.25, -0.2) is 0 Å². The normalized spacial score (nSPS) is 10.2. The Labute approximate surface area is 116 Å². The highest BCUT2D eigenvalue weighted by atomic mass is 127. The molecule has 0 radical (unpaired) electrons. The summed E-state index contributed by atoms with van der Waals surface area (Å²) in [5.41, 5.74) is 2.47. The second-order valence-electron chi connectivity index (χ2n) is 3.88. The topological polar surface area (TPSA) is 9.23 Å². The van der Waals surface area contributed by atoms with Gasteiger partial charge in [-0.2, -0.15) is 0 Å². The van der Waals surface area contributed by atoms with Crippen molar-refractivity contribution in [1.82, 2.24) is 0 Å². The highest BCUT2D eigenvalue weighted by molar-refractivity contribution is 14.1. The third kappa shape index (κ3) is 3.46. The molecule has 2 heteroatoms. The summed E-state index contributed by atoms with van der Waals surface area (Å²) in [6, 6.07) is 16.8. The molecule has 2 aromatic rings. The van der Waals surface area contributed by atoms with Crippen molar-refractivity contribution in [3.8, 4) is 16.9 Å². The molecule has 0 spiro atoms. The van der Waals surface area contributed by atoms with Crippen molar-refractivity contribution in [2.45, 2.75) is 13.3 Å². The minimum atomic E-state index is 0.781. The number of ether oxygens (including phenoxy) is 1. The third-order valence-electron chi connectivity index (χ3n) is 2.50. The van der Waals surface area contributed by atoms with Gasteiger partial charge < -0.3 is 4.74 Å². The van der Waals surface area contributed by atoms with Gasteiger partial charge in [-0.1, -0.05) is 31.2 Å². The van der Waals surface area contributed by atoms with Gasteiger partial charge in [-0.15, -0.1) is 0 Å². The van der Waals surface area contributed by atoms with Crippen LogP contribution in [0.4, 0.5) is 0 Å². The predicted octanol–water partition coefficient (Wildman–Crippen LogP) is 4.75. The fourth-order valence-electron chi connectivity index (χ4n) is 1.61. The van der Waals surface area contributed by atoms with E-state index in [-0.39, 0.29) is 0 Å². The van der Waals surface area contributed by atoms with Gasteiger partial charge in [0.25, 0.3) is 0 Å². The molecule has 0 amide bonds. The summed E-state index contributed by atoms with van der Waals surface area (Å²) in [7, 11) is 0. The lowest BCUT2D eigenvalue weighted by atomic mass is 10.1. The highest BCUT2D eigenvalue weighted by Crippen LogP contribution is 2.23. The maximum Gasteiger partial charge on any atom is 0.119 e. The van der Waals surface area contributed by atoms with E-state index in [1.165, 1.54) is 14.7 Å². The minimum absolute atomic E-state index is 0.781. The number of hydrogen-bond acceptors (Lipinski definition) is 1. The van der Waals surface area contributed by atoms with Crippen LogP contribution < -0.4 is 4.74 Å². The van der Waals surface area contributed by atoms with E-state index in [0.717, 1.165) is 18.8 Å². The molecule has 2 aromatic carbocycles. The molecule has 0 saturated carbocycles. The van der Waals surface area contributed by atoms with E-state index >= 15 is 0 Å². The van der Waals surface area contributed by atoms with Crippen LogP contribution in [0.5, 0.6) is 5.75 Å². The monoisotopic (exact) mass is 338 g/mol. The number of halogens is 1. The van der Waals surface area contributed by atoms with Crippen LogP contribution in [0, 0.1) is 3.57 Å². The summed E-state index contributed by atoms with van der Waals surface area (Å²) in [6.45, 7) is 2.89. The Morgan fingerprint density at radius 2 is 1.41 bits per heavy atom. The first-order valence-corrected chi connectivity index (χ1v) is 6.86. The first-order valence-electron chi connectivity index (χ1n) is 5.78. The van der Waals surface area contributed by atoms with Crippen molar-refractivity contribution < 1.29 is 4.74 Å². The van der Waals surface area contributed by atoms with Gasteiger partial charge in [-0.05, 0) is 64.4 Å². The molecular formula is C15H15IO. The quantitative estimate of drug-likeness (QED) is 0.731. The molecule has 0 aliphatic carbocycles. The zero-order valence-electron chi connectivity index (χ0n) is 9.82. The highest BCUT2D eigenvalue weighted by Gasteiger charge is 1.98. The van der Waals surface area contributed by atoms with Gasteiger partial charge >= 0.3 is 0 Å². The first-order chi connectivity index (χ1) is 8.29. The molecule has 0 unspecified atom stereocenters. The van der Waals surface area contributed by atoms with E-state index in [9.17, 15) is 0 Å². The Bertz CT molecular complexity index is 459. The Kier molecular flexibility index (Phi) is 4.42. The van der Waals surface area contributed by atoms with Crippen LogP contribution in [-0.4, -0.2) is 6.61 Å². The Morgan fingerprint density at radius 1 is 0.882 bits per heavy atom. The predicted molar refractivity (Wildman–Crippen MR) is 80.4 cm³/mol. The van der Waals surface area contributed by atoms with Gasteiger partial charge in [0.15, 0.2) is 0 Å². The Morgan fingerprint density at radius 3 is 1.94 bits per heavy atom. The molecule has 17 heavy (non-hydrogen) atoms. The summed E-state index contributed by atoms with van der Waals surface area (Å²) in [4.78, 5) is 0. The fourth-order valence-corrected chi connectivity index (χ4v) is 1.97. The first kappa shape index (κ1) is 12.4. The molecule has 0 aromatic heterocycles. The number of rotatable bonds is 4. The summed E-state index contributed by atoms with van der Waals surface area (Å²) in [6.07, 6.45) is 1.04. The molecule has 0 heterocycles. The molecule has 0 fully saturated rings. The van der Waals surface area contributed by atoms with Gasteiger partial charge in [0.05, 0.1) is 6.61 Å². The van der Waals surface area contributed by atoms with E-state index in [1.54, 1.807) is 0 Å². The van der Waals surface area contributed by atoms with E-state index in [0.29, 0.717) is 0 Å². The Hall–Kier alpha value is -1.03. The summed E-state index contributed by atoms with van der Waals surface area (Å²) >= 11 is 2.32. The summed E-state index contributed by atoms with van der Waals surface area (Å²) in [5.74, 6) is 0.945. The maximum atomic E-state index is 5.56. The molecule has 1 nitrogen and oxygen atoms in total. The molecule has 0 atom stereocenters. The molecule has 0 saturated heterocycles. The van der Waals surface area contributed by atoms with Crippen LogP contribution in [0.3, 0.4) is 0 Å². The van der Waals surface area contributed by atoms with E-state index in [2.05, 4.69) is 65.9 Å². The molecule has 0 bridgehead atoms. The molecular weight excluding hydrogens is 323 g/mol. The second-order valence-corrected chi connectivity index (χ2v) is 5.13. The molecule has 88 valence electrons. The van der Waals surface area contributed by atoms with Crippen LogP contribution in [-0.2, 0) is 0 Å². The van der Waals surface area contributed by atoms with Gasteiger partial charge in [0, 0.05) is 3.57 Å². The van der Waals surface area contributed by atoms with Gasteiger partial charge in [0.1, 0.15) is 5.75 Å². The Balaban J connectivity index is 2.14. The van der Waals surface area contributed by atoms with Crippen LogP contribution in [0.25, 0.3) is 11.1 Å². The van der Waals surface area contributed by atoms with E-state index in [4.69, 9.17) is 4.74 Å². The average Bonchev–Trinajstić information content (AvgIpc) is 2.38. The van der Waals surface area contributed by atoms with Crippen LogP contribution in [0.2, 0.25) is 0 Å². The smallest absolute Gasteiger partial charge is 0.119 e. The van der Waals surface area contributed by atoms with Crippen molar-refractivity contribution in [3.63, 3.8) is 0 Å². The SMILES string of the molecule is CCCOc1ccc(-c2ccc(I)cc2)cc1. The lowest BCUT2D eigenvalue weighted by Gasteiger charge is -2.06. The van der Waals surface area contributed by atoms with E-state index in [1.807, 2.05) is 12.1 Å². The van der Waals surface area contributed by atoms with Crippen molar-refractivity contribution in [2.24, 2.45) is 0 Å². The molecule has 0 N–H and O–H groups in total. The fraction of sp³-hybridized carbons (Fsp3) is 0.200. The zero-order chi connectivity index (χ0) is 12.1. The largest absolute Gasteiger partial charge is 0.494 e. The van der Waals surface area contributed by atoms with Gasteiger partial charge in [-0.3, -0.25) is 0 Å². The number of hydrogen-bond donors (Lipinski definition) is 0. The molecule has 0 aliphatic heterocycles.